The van der Waals surface area contributed by atoms with E-state index in [1.807, 2.05) is 6.92 Å². The topological polar surface area (TPSA) is 12.0 Å². The van der Waals surface area contributed by atoms with Crippen molar-refractivity contribution >= 4 is 0 Å². The van der Waals surface area contributed by atoms with Crippen molar-refractivity contribution in [3.8, 4) is 11.8 Å². The van der Waals surface area contributed by atoms with Gasteiger partial charge in [-0.1, -0.05) is 44.0 Å². The highest BCUT2D eigenvalue weighted by Gasteiger charge is 2.15. The van der Waals surface area contributed by atoms with Crippen molar-refractivity contribution in [2.24, 2.45) is 5.92 Å². The van der Waals surface area contributed by atoms with Crippen LogP contribution in [0.3, 0.4) is 0 Å². The monoisotopic (exact) mass is 215 g/mol. The summed E-state index contributed by atoms with van der Waals surface area (Å²) in [5.41, 5.74) is 2.73. The first-order valence-corrected chi connectivity index (χ1v) is 5.85. The van der Waals surface area contributed by atoms with E-state index in [4.69, 9.17) is 0 Å². The molecule has 0 aromatic heterocycles. The van der Waals surface area contributed by atoms with Gasteiger partial charge >= 0.3 is 0 Å². The van der Waals surface area contributed by atoms with Crippen LogP contribution in [0.1, 0.15) is 37.9 Å². The Labute approximate surface area is 99.3 Å². The average Bonchev–Trinajstić information content (AvgIpc) is 2.25. The Bertz CT molecular complexity index is 382. The van der Waals surface area contributed by atoms with Gasteiger partial charge in [-0.25, -0.2) is 0 Å². The Morgan fingerprint density at radius 3 is 2.50 bits per heavy atom. The third-order valence-corrected chi connectivity index (χ3v) is 2.78. The smallest absolute Gasteiger partial charge is 0.0581 e. The van der Waals surface area contributed by atoms with Crippen LogP contribution in [-0.2, 0) is 0 Å². The number of rotatable bonds is 4. The van der Waals surface area contributed by atoms with Gasteiger partial charge in [0.2, 0.25) is 0 Å². The molecule has 1 rings (SSSR count). The molecule has 0 aliphatic carbocycles. The quantitative estimate of drug-likeness (QED) is 0.760. The molecule has 86 valence electrons. The molecular formula is C15H21N. The van der Waals surface area contributed by atoms with Gasteiger partial charge in [-0.3, -0.25) is 5.32 Å². The van der Waals surface area contributed by atoms with E-state index < -0.39 is 0 Å². The molecule has 0 bridgehead atoms. The van der Waals surface area contributed by atoms with E-state index in [2.05, 4.69) is 62.2 Å². The summed E-state index contributed by atoms with van der Waals surface area (Å²) in [7, 11) is 0. The zero-order valence-electron chi connectivity index (χ0n) is 10.7. The Morgan fingerprint density at radius 2 is 1.94 bits per heavy atom. The van der Waals surface area contributed by atoms with E-state index in [1.54, 1.807) is 0 Å². The molecule has 0 spiro atoms. The Balaban J connectivity index is 2.84. The predicted molar refractivity (Wildman–Crippen MR) is 70.2 cm³/mol. The molecule has 0 saturated carbocycles. The van der Waals surface area contributed by atoms with E-state index in [-0.39, 0.29) is 0 Å². The minimum Gasteiger partial charge on any atom is -0.299 e. The molecule has 0 radical (unpaired) electrons. The van der Waals surface area contributed by atoms with Crippen molar-refractivity contribution in [3.63, 3.8) is 0 Å². The summed E-state index contributed by atoms with van der Waals surface area (Å²) < 4.78 is 0. The summed E-state index contributed by atoms with van der Waals surface area (Å²) in [5, 5.41) is 3.50. The van der Waals surface area contributed by atoms with Crippen LogP contribution in [0.2, 0.25) is 0 Å². The van der Waals surface area contributed by atoms with Crippen LogP contribution in [0.5, 0.6) is 0 Å². The van der Waals surface area contributed by atoms with Crippen LogP contribution in [-0.4, -0.2) is 6.54 Å². The van der Waals surface area contributed by atoms with Crippen LogP contribution >= 0.6 is 0 Å². The molecule has 0 fully saturated rings. The van der Waals surface area contributed by atoms with Gasteiger partial charge in [0.05, 0.1) is 6.54 Å². The first kappa shape index (κ1) is 12.8. The van der Waals surface area contributed by atoms with E-state index >= 15 is 0 Å². The molecule has 1 aromatic carbocycles. The fraction of sp³-hybridized carbons (Fsp3) is 0.467. The normalized spacial score (nSPS) is 12.1. The second-order valence-electron chi connectivity index (χ2n) is 4.39. The van der Waals surface area contributed by atoms with E-state index in [0.29, 0.717) is 12.0 Å². The molecule has 1 atom stereocenters. The highest BCUT2D eigenvalue weighted by Crippen LogP contribution is 2.24. The molecule has 16 heavy (non-hydrogen) atoms. The lowest BCUT2D eigenvalue weighted by atomic mass is 9.93. The standard InChI is InChI=1S/C15H21N/c1-5-6-11-16-15(12(2)3)14-10-8-7-9-13(14)4/h7-10,12,15-16H,11H2,1-4H3. The summed E-state index contributed by atoms with van der Waals surface area (Å²) in [6, 6.07) is 8.94. The molecular weight excluding hydrogens is 194 g/mol. The van der Waals surface area contributed by atoms with Gasteiger partial charge in [0, 0.05) is 6.04 Å². The van der Waals surface area contributed by atoms with Crippen molar-refractivity contribution in [1.82, 2.24) is 5.32 Å². The van der Waals surface area contributed by atoms with Gasteiger partial charge in [0.1, 0.15) is 0 Å². The SMILES string of the molecule is CC#CCNC(c1ccccc1C)C(C)C. The van der Waals surface area contributed by atoms with Crippen LogP contribution in [0.25, 0.3) is 0 Å². The Morgan fingerprint density at radius 1 is 1.25 bits per heavy atom. The van der Waals surface area contributed by atoms with E-state index in [9.17, 15) is 0 Å². The summed E-state index contributed by atoms with van der Waals surface area (Å²) in [6.45, 7) is 9.28. The zero-order chi connectivity index (χ0) is 12.0. The van der Waals surface area contributed by atoms with E-state index in [0.717, 1.165) is 6.54 Å². The number of benzene rings is 1. The van der Waals surface area contributed by atoms with Gasteiger partial charge in [-0.05, 0) is 30.9 Å². The number of hydrogen-bond donors (Lipinski definition) is 1. The molecule has 0 amide bonds. The maximum Gasteiger partial charge on any atom is 0.0581 e. The largest absolute Gasteiger partial charge is 0.299 e. The highest BCUT2D eigenvalue weighted by atomic mass is 14.9. The molecule has 1 unspecified atom stereocenters. The van der Waals surface area contributed by atoms with Crippen molar-refractivity contribution in [2.45, 2.75) is 33.7 Å². The molecule has 1 nitrogen and oxygen atoms in total. The fourth-order valence-electron chi connectivity index (χ4n) is 1.89. The van der Waals surface area contributed by atoms with E-state index in [1.165, 1.54) is 11.1 Å². The number of hydrogen-bond acceptors (Lipinski definition) is 1. The lowest BCUT2D eigenvalue weighted by Crippen LogP contribution is -2.26. The second-order valence-corrected chi connectivity index (χ2v) is 4.39. The molecule has 0 aliphatic heterocycles. The van der Waals surface area contributed by atoms with Gasteiger partial charge in [-0.15, -0.1) is 5.92 Å². The highest BCUT2D eigenvalue weighted by molar-refractivity contribution is 5.29. The predicted octanol–water partition coefficient (Wildman–Crippen LogP) is 3.31. The summed E-state index contributed by atoms with van der Waals surface area (Å²) in [4.78, 5) is 0. The van der Waals surface area contributed by atoms with Crippen molar-refractivity contribution < 1.29 is 0 Å². The number of aryl methyl sites for hydroxylation is 1. The van der Waals surface area contributed by atoms with Crippen molar-refractivity contribution in [1.29, 1.82) is 0 Å². The molecule has 0 heterocycles. The lowest BCUT2D eigenvalue weighted by molar-refractivity contribution is 0.429. The average molecular weight is 215 g/mol. The summed E-state index contributed by atoms with van der Waals surface area (Å²) in [5.74, 6) is 6.55. The van der Waals surface area contributed by atoms with Gasteiger partial charge < -0.3 is 0 Å². The maximum absolute atomic E-state index is 3.50. The number of nitrogens with one attached hydrogen (secondary N) is 1. The molecule has 0 aliphatic rings. The van der Waals surface area contributed by atoms with Gasteiger partial charge in [-0.2, -0.15) is 0 Å². The van der Waals surface area contributed by atoms with Crippen LogP contribution < -0.4 is 5.32 Å². The first-order valence-electron chi connectivity index (χ1n) is 5.85. The van der Waals surface area contributed by atoms with Crippen LogP contribution in [0.4, 0.5) is 0 Å². The first-order chi connectivity index (χ1) is 7.66. The van der Waals surface area contributed by atoms with Gasteiger partial charge in [0.25, 0.3) is 0 Å². The summed E-state index contributed by atoms with van der Waals surface area (Å²) in [6.07, 6.45) is 0. The molecule has 1 aromatic rings. The third-order valence-electron chi connectivity index (χ3n) is 2.78. The third kappa shape index (κ3) is 3.40. The maximum atomic E-state index is 3.50. The minimum absolute atomic E-state index is 0.391. The van der Waals surface area contributed by atoms with Crippen molar-refractivity contribution in [2.75, 3.05) is 6.54 Å². The second kappa shape index (κ2) is 6.35. The van der Waals surface area contributed by atoms with Crippen molar-refractivity contribution in [3.05, 3.63) is 35.4 Å². The van der Waals surface area contributed by atoms with Crippen LogP contribution in [0, 0.1) is 24.7 Å². The molecule has 1 heteroatoms. The minimum atomic E-state index is 0.391. The zero-order valence-corrected chi connectivity index (χ0v) is 10.7. The van der Waals surface area contributed by atoms with Gasteiger partial charge in [0.15, 0.2) is 0 Å². The Kier molecular flexibility index (Phi) is 5.08. The molecule has 0 saturated heterocycles. The van der Waals surface area contributed by atoms with Crippen LogP contribution in [0.15, 0.2) is 24.3 Å². The Hall–Kier alpha value is -1.26. The lowest BCUT2D eigenvalue weighted by Gasteiger charge is -2.23. The molecule has 1 N–H and O–H groups in total. The summed E-state index contributed by atoms with van der Waals surface area (Å²) >= 11 is 0. The fourth-order valence-corrected chi connectivity index (χ4v) is 1.89.